The number of thiophene rings is 1. The van der Waals surface area contributed by atoms with Crippen molar-refractivity contribution in [2.75, 3.05) is 31.6 Å². The quantitative estimate of drug-likeness (QED) is 0.643. The maximum absolute atomic E-state index is 12.6. The topological polar surface area (TPSA) is 45.8 Å². The molecule has 0 saturated carbocycles. The van der Waals surface area contributed by atoms with Gasteiger partial charge in [0.2, 0.25) is 0 Å². The van der Waals surface area contributed by atoms with E-state index in [0.717, 1.165) is 13.1 Å². The van der Waals surface area contributed by atoms with Crippen LogP contribution in [0.25, 0.3) is 0 Å². The normalized spacial score (nSPS) is 17.4. The number of morpholine rings is 1. The average Bonchev–Trinajstić information content (AvgIpc) is 3.17. The molecule has 2 heterocycles. The summed E-state index contributed by atoms with van der Waals surface area (Å²) in [6.07, 6.45) is -4.78. The summed E-state index contributed by atoms with van der Waals surface area (Å²) in [6.45, 7) is 4.94. The van der Waals surface area contributed by atoms with Crippen molar-refractivity contribution in [1.82, 2.24) is 10.2 Å². The third-order valence-electron chi connectivity index (χ3n) is 4.47. The van der Waals surface area contributed by atoms with Crippen molar-refractivity contribution < 1.29 is 22.6 Å². The van der Waals surface area contributed by atoms with E-state index in [9.17, 15) is 13.2 Å². The molecule has 1 saturated heterocycles. The Hall–Kier alpha value is -1.88. The van der Waals surface area contributed by atoms with Gasteiger partial charge in [0.05, 0.1) is 24.9 Å². The second kappa shape index (κ2) is 9.75. The minimum Gasteiger partial charge on any atom is -0.404 e. The molecule has 1 fully saturated rings. The van der Waals surface area contributed by atoms with Gasteiger partial charge in [-0.3, -0.25) is 4.90 Å². The largest absolute Gasteiger partial charge is 0.573 e. The predicted molar refractivity (Wildman–Crippen MR) is 111 cm³/mol. The van der Waals surface area contributed by atoms with E-state index in [1.807, 2.05) is 18.4 Å². The van der Waals surface area contributed by atoms with Crippen LogP contribution in [-0.4, -0.2) is 48.7 Å². The lowest BCUT2D eigenvalue weighted by atomic mass is 10.1. The van der Waals surface area contributed by atoms with Crippen LogP contribution in [0.1, 0.15) is 17.8 Å². The van der Waals surface area contributed by atoms with Crippen molar-refractivity contribution in [2.24, 2.45) is 0 Å². The van der Waals surface area contributed by atoms with E-state index in [-0.39, 0.29) is 28.6 Å². The first-order valence-corrected chi connectivity index (χ1v) is 10.4. The number of nitrogens with zero attached hydrogens (tertiary/aromatic N) is 1. The Morgan fingerprint density at radius 2 is 1.93 bits per heavy atom. The molecule has 0 bridgehead atoms. The second-order valence-corrected chi connectivity index (χ2v) is 7.93. The molecule has 0 unspecified atom stereocenters. The molecular formula is C19H22F3N3O2S2. The van der Waals surface area contributed by atoms with Gasteiger partial charge in [-0.25, -0.2) is 0 Å². The molecule has 1 aliphatic heterocycles. The molecule has 1 aliphatic rings. The number of anilines is 1. The van der Waals surface area contributed by atoms with Gasteiger partial charge in [0.15, 0.2) is 10.9 Å². The van der Waals surface area contributed by atoms with Crippen molar-refractivity contribution in [3.05, 3.63) is 46.7 Å². The molecule has 10 heteroatoms. The Kier molecular flexibility index (Phi) is 7.33. The number of alkyl halides is 3. The van der Waals surface area contributed by atoms with Gasteiger partial charge in [0, 0.05) is 24.0 Å². The Bertz CT molecular complexity index is 796. The van der Waals surface area contributed by atoms with Crippen LogP contribution in [0.3, 0.4) is 0 Å². The molecule has 1 aromatic carbocycles. The lowest BCUT2D eigenvalue weighted by Crippen LogP contribution is -2.49. The Morgan fingerprint density at radius 3 is 2.59 bits per heavy atom. The van der Waals surface area contributed by atoms with Crippen molar-refractivity contribution in [2.45, 2.75) is 25.4 Å². The highest BCUT2D eigenvalue weighted by Gasteiger charge is 2.32. The summed E-state index contributed by atoms with van der Waals surface area (Å²) in [5.41, 5.74) is 0.147. The molecule has 0 radical (unpaired) electrons. The first kappa shape index (κ1) is 21.8. The smallest absolute Gasteiger partial charge is 0.404 e. The van der Waals surface area contributed by atoms with Gasteiger partial charge in [-0.05, 0) is 42.7 Å². The van der Waals surface area contributed by atoms with E-state index >= 15 is 0 Å². The van der Waals surface area contributed by atoms with E-state index in [1.165, 1.54) is 23.1 Å². The molecule has 2 atom stereocenters. The van der Waals surface area contributed by atoms with E-state index in [1.54, 1.807) is 17.4 Å². The fourth-order valence-corrected chi connectivity index (χ4v) is 4.55. The fraction of sp³-hybridized carbons (Fsp3) is 0.421. The minimum absolute atomic E-state index is 0.0697. The van der Waals surface area contributed by atoms with Crippen molar-refractivity contribution >= 4 is 34.4 Å². The third-order valence-corrected chi connectivity index (χ3v) is 5.63. The SMILES string of the molecule is C[C@H](NC(=S)Nc1ccccc1OC(F)(F)F)[C@@H](c1cccs1)N1CCOCC1. The van der Waals surface area contributed by atoms with E-state index in [4.69, 9.17) is 17.0 Å². The molecule has 1 aromatic heterocycles. The van der Waals surface area contributed by atoms with Gasteiger partial charge in [0.1, 0.15) is 0 Å². The highest BCUT2D eigenvalue weighted by atomic mass is 32.1. The standard InChI is InChI=1S/C19H22F3N3O2S2/c1-13(17(16-7-4-12-29-16)25-8-10-26-11-9-25)23-18(28)24-14-5-2-3-6-15(14)27-19(20,21)22/h2-7,12-13,17H,8-11H2,1H3,(H2,23,24,28)/t13-,17-/m0/s1. The molecule has 2 N–H and O–H groups in total. The molecular weight excluding hydrogens is 423 g/mol. The highest BCUT2D eigenvalue weighted by Crippen LogP contribution is 2.31. The molecule has 0 aliphatic carbocycles. The van der Waals surface area contributed by atoms with Gasteiger partial charge in [-0.2, -0.15) is 0 Å². The van der Waals surface area contributed by atoms with Gasteiger partial charge in [-0.1, -0.05) is 18.2 Å². The maximum atomic E-state index is 12.6. The van der Waals surface area contributed by atoms with E-state index in [2.05, 4.69) is 26.3 Å². The summed E-state index contributed by atoms with van der Waals surface area (Å²) in [4.78, 5) is 3.52. The molecule has 2 aromatic rings. The monoisotopic (exact) mass is 445 g/mol. The van der Waals surface area contributed by atoms with Crippen molar-refractivity contribution in [3.63, 3.8) is 0 Å². The van der Waals surface area contributed by atoms with Gasteiger partial charge >= 0.3 is 6.36 Å². The fourth-order valence-electron chi connectivity index (χ4n) is 3.29. The zero-order chi connectivity index (χ0) is 20.9. The van der Waals surface area contributed by atoms with E-state index < -0.39 is 6.36 Å². The number of benzene rings is 1. The molecule has 0 spiro atoms. The second-order valence-electron chi connectivity index (χ2n) is 6.54. The first-order chi connectivity index (χ1) is 13.8. The Morgan fingerprint density at radius 1 is 1.21 bits per heavy atom. The number of para-hydroxylation sites is 2. The molecule has 5 nitrogen and oxygen atoms in total. The summed E-state index contributed by atoms with van der Waals surface area (Å²) >= 11 is 7.03. The first-order valence-electron chi connectivity index (χ1n) is 9.11. The van der Waals surface area contributed by atoms with Crippen molar-refractivity contribution in [1.29, 1.82) is 0 Å². The van der Waals surface area contributed by atoms with Crippen LogP contribution < -0.4 is 15.4 Å². The lowest BCUT2D eigenvalue weighted by Gasteiger charge is -2.38. The van der Waals surface area contributed by atoms with Gasteiger partial charge < -0.3 is 20.1 Å². The number of halogens is 3. The number of ether oxygens (including phenoxy) is 2. The van der Waals surface area contributed by atoms with Crippen LogP contribution in [-0.2, 0) is 4.74 Å². The predicted octanol–water partition coefficient (Wildman–Crippen LogP) is 4.40. The van der Waals surface area contributed by atoms with Crippen LogP contribution in [0.15, 0.2) is 41.8 Å². The zero-order valence-corrected chi connectivity index (χ0v) is 17.4. The Balaban J connectivity index is 1.69. The summed E-state index contributed by atoms with van der Waals surface area (Å²) in [6, 6.07) is 9.87. The number of hydrogen-bond donors (Lipinski definition) is 2. The maximum Gasteiger partial charge on any atom is 0.573 e. The molecule has 3 rings (SSSR count). The molecule has 158 valence electrons. The van der Waals surface area contributed by atoms with Crippen LogP contribution in [0, 0.1) is 0 Å². The van der Waals surface area contributed by atoms with Crippen LogP contribution in [0.2, 0.25) is 0 Å². The minimum atomic E-state index is -4.78. The van der Waals surface area contributed by atoms with Crippen LogP contribution in [0.5, 0.6) is 5.75 Å². The number of rotatable bonds is 6. The van der Waals surface area contributed by atoms with Crippen LogP contribution >= 0.6 is 23.6 Å². The Labute approximate surface area is 176 Å². The lowest BCUT2D eigenvalue weighted by molar-refractivity contribution is -0.274. The van der Waals surface area contributed by atoms with Gasteiger partial charge in [-0.15, -0.1) is 24.5 Å². The molecule has 29 heavy (non-hydrogen) atoms. The highest BCUT2D eigenvalue weighted by molar-refractivity contribution is 7.80. The number of hydrogen-bond acceptors (Lipinski definition) is 5. The zero-order valence-electron chi connectivity index (χ0n) is 15.7. The van der Waals surface area contributed by atoms with Gasteiger partial charge in [0.25, 0.3) is 0 Å². The number of thiocarbonyl (C=S) groups is 1. The van der Waals surface area contributed by atoms with Crippen molar-refractivity contribution in [3.8, 4) is 5.75 Å². The summed E-state index contributed by atoms with van der Waals surface area (Å²) in [5, 5.41) is 8.29. The molecule has 0 amide bonds. The number of nitrogens with one attached hydrogen (secondary N) is 2. The average molecular weight is 446 g/mol. The summed E-state index contributed by atoms with van der Waals surface area (Å²) in [5.74, 6) is -0.334. The summed E-state index contributed by atoms with van der Waals surface area (Å²) < 4.78 is 47.4. The van der Waals surface area contributed by atoms with Crippen LogP contribution in [0.4, 0.5) is 18.9 Å². The summed E-state index contributed by atoms with van der Waals surface area (Å²) in [7, 11) is 0. The van der Waals surface area contributed by atoms with E-state index in [0.29, 0.717) is 13.2 Å². The third kappa shape index (κ3) is 6.30.